The van der Waals surface area contributed by atoms with Gasteiger partial charge in [0.1, 0.15) is 5.70 Å². The summed E-state index contributed by atoms with van der Waals surface area (Å²) >= 11 is 0. The van der Waals surface area contributed by atoms with Crippen molar-refractivity contribution in [3.05, 3.63) is 29.5 Å². The number of hydrogen-bond donors (Lipinski definition) is 1. The Bertz CT molecular complexity index is 713. The maximum atomic E-state index is 11.9. The second-order valence-electron chi connectivity index (χ2n) is 5.09. The van der Waals surface area contributed by atoms with Gasteiger partial charge in [0.05, 0.1) is 13.2 Å². The third-order valence-corrected chi connectivity index (χ3v) is 3.31. The molecule has 25 heavy (non-hydrogen) atoms. The predicted molar refractivity (Wildman–Crippen MR) is 89.0 cm³/mol. The molecule has 1 aromatic carbocycles. The molecule has 8 heteroatoms. The lowest BCUT2D eigenvalue weighted by Crippen LogP contribution is -2.25. The van der Waals surface area contributed by atoms with E-state index in [2.05, 4.69) is 5.32 Å². The van der Waals surface area contributed by atoms with Gasteiger partial charge in [-0.1, -0.05) is 6.07 Å². The first-order valence-electron chi connectivity index (χ1n) is 7.82. The Morgan fingerprint density at radius 2 is 1.92 bits per heavy atom. The SMILES string of the molecule is CCOC(=O)COc1ccc(/C=C2/NC(=O)N(C)C2=O)cc1OCC. The van der Waals surface area contributed by atoms with Crippen LogP contribution in [0, 0.1) is 0 Å². The maximum absolute atomic E-state index is 11.9. The molecule has 0 saturated carbocycles. The molecule has 1 saturated heterocycles. The molecule has 3 amide bonds. The van der Waals surface area contributed by atoms with Crippen LogP contribution in [0.2, 0.25) is 0 Å². The zero-order chi connectivity index (χ0) is 18.4. The molecule has 1 heterocycles. The number of rotatable bonds is 7. The summed E-state index contributed by atoms with van der Waals surface area (Å²) in [5.74, 6) is -0.0775. The molecule has 1 N–H and O–H groups in total. The van der Waals surface area contributed by atoms with Gasteiger partial charge in [0.25, 0.3) is 5.91 Å². The molecule has 0 bridgehead atoms. The largest absolute Gasteiger partial charge is 0.490 e. The molecule has 0 radical (unpaired) electrons. The topological polar surface area (TPSA) is 94.2 Å². The van der Waals surface area contributed by atoms with Gasteiger partial charge in [-0.05, 0) is 37.6 Å². The van der Waals surface area contributed by atoms with E-state index in [0.29, 0.717) is 23.7 Å². The fourth-order valence-corrected chi connectivity index (χ4v) is 2.13. The second-order valence-corrected chi connectivity index (χ2v) is 5.09. The van der Waals surface area contributed by atoms with Gasteiger partial charge in [-0.25, -0.2) is 9.59 Å². The second kappa shape index (κ2) is 8.18. The highest BCUT2D eigenvalue weighted by Crippen LogP contribution is 2.29. The van der Waals surface area contributed by atoms with Gasteiger partial charge in [0.2, 0.25) is 0 Å². The van der Waals surface area contributed by atoms with E-state index >= 15 is 0 Å². The van der Waals surface area contributed by atoms with E-state index in [-0.39, 0.29) is 18.9 Å². The average molecular weight is 348 g/mol. The Hall–Kier alpha value is -3.03. The number of benzene rings is 1. The Balaban J connectivity index is 2.19. The fraction of sp³-hybridized carbons (Fsp3) is 0.353. The van der Waals surface area contributed by atoms with Crippen LogP contribution in [0.15, 0.2) is 23.9 Å². The molecule has 0 spiro atoms. The number of nitrogens with one attached hydrogen (secondary N) is 1. The van der Waals surface area contributed by atoms with Gasteiger partial charge in [0.15, 0.2) is 18.1 Å². The van der Waals surface area contributed by atoms with Gasteiger partial charge in [-0.15, -0.1) is 0 Å². The summed E-state index contributed by atoms with van der Waals surface area (Å²) in [7, 11) is 1.40. The highest BCUT2D eigenvalue weighted by molar-refractivity contribution is 6.13. The summed E-state index contributed by atoms with van der Waals surface area (Å²) in [6, 6.07) is 4.50. The Labute approximate surface area is 145 Å². The highest BCUT2D eigenvalue weighted by Gasteiger charge is 2.29. The Morgan fingerprint density at radius 3 is 2.52 bits per heavy atom. The monoisotopic (exact) mass is 348 g/mol. The van der Waals surface area contributed by atoms with E-state index in [1.54, 1.807) is 31.2 Å². The summed E-state index contributed by atoms with van der Waals surface area (Å²) in [5.41, 5.74) is 0.820. The summed E-state index contributed by atoms with van der Waals surface area (Å²) in [6.45, 7) is 3.98. The lowest BCUT2D eigenvalue weighted by molar-refractivity contribution is -0.145. The number of amides is 3. The van der Waals surface area contributed by atoms with Crippen molar-refractivity contribution in [1.82, 2.24) is 10.2 Å². The first kappa shape index (κ1) is 18.3. The highest BCUT2D eigenvalue weighted by atomic mass is 16.6. The number of urea groups is 1. The van der Waals surface area contributed by atoms with Crippen molar-refractivity contribution >= 4 is 24.0 Å². The summed E-state index contributed by atoms with van der Waals surface area (Å²) < 4.78 is 15.7. The summed E-state index contributed by atoms with van der Waals surface area (Å²) in [4.78, 5) is 35.8. The van der Waals surface area contributed by atoms with Crippen LogP contribution in [0.5, 0.6) is 11.5 Å². The minimum absolute atomic E-state index is 0.176. The van der Waals surface area contributed by atoms with E-state index in [1.807, 2.05) is 6.92 Å². The molecule has 2 rings (SSSR count). The molecular formula is C17H20N2O6. The fourth-order valence-electron chi connectivity index (χ4n) is 2.13. The number of hydrogen-bond acceptors (Lipinski definition) is 6. The van der Waals surface area contributed by atoms with Crippen LogP contribution < -0.4 is 14.8 Å². The molecule has 8 nitrogen and oxygen atoms in total. The third kappa shape index (κ3) is 4.50. The Kier molecular flexibility index (Phi) is 5.99. The van der Waals surface area contributed by atoms with E-state index in [4.69, 9.17) is 14.2 Å². The average Bonchev–Trinajstić information content (AvgIpc) is 2.82. The minimum atomic E-state index is -0.476. The maximum Gasteiger partial charge on any atom is 0.344 e. The van der Waals surface area contributed by atoms with Gasteiger partial charge < -0.3 is 19.5 Å². The van der Waals surface area contributed by atoms with E-state index < -0.39 is 17.9 Å². The first-order chi connectivity index (χ1) is 12.0. The van der Waals surface area contributed by atoms with Crippen LogP contribution in [0.4, 0.5) is 4.79 Å². The molecule has 0 aromatic heterocycles. The standard InChI is InChI=1S/C17H20N2O6/c1-4-23-14-9-11(8-12-16(21)19(3)17(22)18-12)6-7-13(14)25-10-15(20)24-5-2/h6-9H,4-5,10H2,1-3H3,(H,18,22)/b12-8+. The molecule has 1 fully saturated rings. The number of nitrogens with zero attached hydrogens (tertiary/aromatic N) is 1. The van der Waals surface area contributed by atoms with Crippen LogP contribution in [-0.4, -0.2) is 49.7 Å². The zero-order valence-electron chi connectivity index (χ0n) is 14.3. The quantitative estimate of drug-likeness (QED) is 0.456. The lowest BCUT2D eigenvalue weighted by Gasteiger charge is -2.12. The van der Waals surface area contributed by atoms with Gasteiger partial charge in [-0.3, -0.25) is 9.69 Å². The number of carbonyl (C=O) groups is 3. The molecule has 0 unspecified atom stereocenters. The van der Waals surface area contributed by atoms with Crippen molar-refractivity contribution < 1.29 is 28.6 Å². The van der Waals surface area contributed by atoms with E-state index in [9.17, 15) is 14.4 Å². The predicted octanol–water partition coefficient (Wildman–Crippen LogP) is 1.55. The molecule has 0 atom stereocenters. The van der Waals surface area contributed by atoms with Gasteiger partial charge >= 0.3 is 12.0 Å². The van der Waals surface area contributed by atoms with Crippen LogP contribution in [0.1, 0.15) is 19.4 Å². The van der Waals surface area contributed by atoms with Crippen molar-refractivity contribution in [1.29, 1.82) is 0 Å². The van der Waals surface area contributed by atoms with Crippen molar-refractivity contribution in [3.8, 4) is 11.5 Å². The summed E-state index contributed by atoms with van der Waals surface area (Å²) in [5, 5.41) is 2.49. The van der Waals surface area contributed by atoms with E-state index in [1.165, 1.54) is 7.05 Å². The zero-order valence-corrected chi connectivity index (χ0v) is 14.3. The molecular weight excluding hydrogens is 328 g/mol. The third-order valence-electron chi connectivity index (χ3n) is 3.31. The van der Waals surface area contributed by atoms with Crippen LogP contribution in [0.25, 0.3) is 6.08 Å². The molecule has 1 aliphatic heterocycles. The van der Waals surface area contributed by atoms with Crippen molar-refractivity contribution in [2.45, 2.75) is 13.8 Å². The van der Waals surface area contributed by atoms with Crippen molar-refractivity contribution in [2.75, 3.05) is 26.9 Å². The van der Waals surface area contributed by atoms with Gasteiger partial charge in [0, 0.05) is 7.05 Å². The minimum Gasteiger partial charge on any atom is -0.490 e. The molecule has 1 aliphatic rings. The molecule has 1 aromatic rings. The van der Waals surface area contributed by atoms with Crippen LogP contribution in [0.3, 0.4) is 0 Å². The Morgan fingerprint density at radius 1 is 1.16 bits per heavy atom. The smallest absolute Gasteiger partial charge is 0.344 e. The number of esters is 1. The normalized spacial score (nSPS) is 15.3. The number of likely N-dealkylation sites (N-methyl/N-ethyl adjacent to an activating group) is 1. The number of carbonyl (C=O) groups excluding carboxylic acids is 3. The van der Waals surface area contributed by atoms with Crippen molar-refractivity contribution in [2.24, 2.45) is 0 Å². The van der Waals surface area contributed by atoms with Crippen LogP contribution >= 0.6 is 0 Å². The number of imide groups is 1. The number of ether oxygens (including phenoxy) is 3. The lowest BCUT2D eigenvalue weighted by atomic mass is 10.1. The first-order valence-corrected chi connectivity index (χ1v) is 7.82. The summed E-state index contributed by atoms with van der Waals surface area (Å²) in [6.07, 6.45) is 1.54. The van der Waals surface area contributed by atoms with E-state index in [0.717, 1.165) is 4.90 Å². The van der Waals surface area contributed by atoms with Crippen molar-refractivity contribution in [3.63, 3.8) is 0 Å². The van der Waals surface area contributed by atoms with Crippen LogP contribution in [-0.2, 0) is 14.3 Å². The molecule has 0 aliphatic carbocycles. The van der Waals surface area contributed by atoms with Gasteiger partial charge in [-0.2, -0.15) is 0 Å². The molecule has 134 valence electrons.